The Morgan fingerprint density at radius 1 is 1.36 bits per heavy atom. The van der Waals surface area contributed by atoms with E-state index in [0.29, 0.717) is 17.1 Å². The van der Waals surface area contributed by atoms with Crippen LogP contribution in [0.2, 0.25) is 0 Å². The number of anilines is 1. The van der Waals surface area contributed by atoms with Gasteiger partial charge in [0.1, 0.15) is 5.52 Å². The molecule has 2 aliphatic rings. The molecule has 2 saturated heterocycles. The average molecular weight is 300 g/mol. The lowest BCUT2D eigenvalue weighted by atomic mass is 9.89. The molecule has 0 bridgehead atoms. The van der Waals surface area contributed by atoms with Gasteiger partial charge in [0.2, 0.25) is 0 Å². The number of ether oxygens (including phenoxy) is 1. The van der Waals surface area contributed by atoms with E-state index in [1.807, 2.05) is 0 Å². The van der Waals surface area contributed by atoms with Crippen LogP contribution in [0.1, 0.15) is 36.0 Å². The minimum atomic E-state index is -0.539. The molecule has 6 nitrogen and oxygen atoms in total. The van der Waals surface area contributed by atoms with Crippen LogP contribution in [-0.2, 0) is 4.74 Å². The van der Waals surface area contributed by atoms with Crippen molar-refractivity contribution in [2.24, 2.45) is 5.73 Å². The highest BCUT2D eigenvalue weighted by Gasteiger charge is 2.39. The average Bonchev–Trinajstić information content (AvgIpc) is 3.14. The highest BCUT2D eigenvalue weighted by molar-refractivity contribution is 6.03. The normalized spacial score (nSPS) is 20.8. The quantitative estimate of drug-likeness (QED) is 0.915. The lowest BCUT2D eigenvalue weighted by molar-refractivity contribution is -0.0151. The summed E-state index contributed by atoms with van der Waals surface area (Å²) in [5, 5.41) is 0. The number of rotatable bonds is 2. The van der Waals surface area contributed by atoms with E-state index in [1.54, 1.807) is 12.1 Å². The number of primary amides is 1. The Morgan fingerprint density at radius 2 is 2.18 bits per heavy atom. The van der Waals surface area contributed by atoms with Crippen LogP contribution in [0, 0.1) is 6.07 Å². The Labute approximate surface area is 128 Å². The molecular weight excluding hydrogens is 282 g/mol. The van der Waals surface area contributed by atoms with Crippen molar-refractivity contribution >= 4 is 23.0 Å². The first-order valence-electron chi connectivity index (χ1n) is 7.67. The summed E-state index contributed by atoms with van der Waals surface area (Å²) in [5.41, 5.74) is 6.76. The fourth-order valence-electron chi connectivity index (χ4n) is 3.46. The van der Waals surface area contributed by atoms with Crippen LogP contribution in [0.5, 0.6) is 0 Å². The highest BCUT2D eigenvalue weighted by Crippen LogP contribution is 2.37. The number of hydrogen-bond acceptors (Lipinski definition) is 5. The molecule has 1 aromatic heterocycles. The molecule has 0 unspecified atom stereocenters. The second kappa shape index (κ2) is 4.98. The molecule has 6 heteroatoms. The van der Waals surface area contributed by atoms with E-state index in [9.17, 15) is 4.79 Å². The maximum absolute atomic E-state index is 11.4. The maximum atomic E-state index is 11.4. The largest absolute Gasteiger partial charge is 0.423 e. The number of hydrogen-bond donors (Lipinski definition) is 1. The number of aromatic nitrogens is 1. The predicted octanol–water partition coefficient (Wildman–Crippen LogP) is 1.88. The fraction of sp³-hybridized carbons (Fsp3) is 0.500. The number of fused-ring (bicyclic) bond motifs is 1. The Morgan fingerprint density at radius 3 is 2.86 bits per heavy atom. The van der Waals surface area contributed by atoms with E-state index in [1.165, 1.54) is 0 Å². The van der Waals surface area contributed by atoms with Gasteiger partial charge >= 0.3 is 0 Å². The van der Waals surface area contributed by atoms with Crippen molar-refractivity contribution in [2.75, 3.05) is 24.6 Å². The molecule has 1 spiro atoms. The molecule has 2 fully saturated rings. The summed E-state index contributed by atoms with van der Waals surface area (Å²) in [6.07, 6.45) is 4.27. The summed E-state index contributed by atoms with van der Waals surface area (Å²) in [4.78, 5) is 18.0. The first-order valence-corrected chi connectivity index (χ1v) is 7.67. The molecule has 2 aromatic rings. The van der Waals surface area contributed by atoms with Crippen LogP contribution < -0.4 is 10.6 Å². The Kier molecular flexibility index (Phi) is 3.07. The smallest absolute Gasteiger partial charge is 0.298 e. The minimum Gasteiger partial charge on any atom is -0.423 e. The van der Waals surface area contributed by atoms with Gasteiger partial charge in [-0.3, -0.25) is 4.79 Å². The summed E-state index contributed by atoms with van der Waals surface area (Å²) in [6.45, 7) is 2.57. The number of nitrogens with two attached hydrogens (primary N) is 1. The fourth-order valence-corrected chi connectivity index (χ4v) is 3.46. The van der Waals surface area contributed by atoms with E-state index >= 15 is 0 Å². The Hall–Kier alpha value is -2.08. The Bertz CT molecular complexity index is 708. The van der Waals surface area contributed by atoms with Gasteiger partial charge in [0.15, 0.2) is 5.58 Å². The van der Waals surface area contributed by atoms with Gasteiger partial charge in [0.25, 0.3) is 11.9 Å². The topological polar surface area (TPSA) is 81.6 Å². The van der Waals surface area contributed by atoms with Crippen molar-refractivity contribution < 1.29 is 13.9 Å². The van der Waals surface area contributed by atoms with Crippen LogP contribution in [0.15, 0.2) is 16.5 Å². The second-order valence-corrected chi connectivity index (χ2v) is 6.05. The van der Waals surface area contributed by atoms with Gasteiger partial charge in [0.05, 0.1) is 11.2 Å². The van der Waals surface area contributed by atoms with Crippen molar-refractivity contribution in [1.82, 2.24) is 4.98 Å². The molecule has 22 heavy (non-hydrogen) atoms. The maximum Gasteiger partial charge on any atom is 0.298 e. The standard InChI is InChI=1S/C16H18N3O3/c17-14(20)11-3-1-4-12-13(11)18-15(22-12)19-8-6-16(7-9-19)5-2-10-21-16/h1,4H,2,5-10H2,(H2,17,20). The molecule has 3 heterocycles. The third-order valence-electron chi connectivity index (χ3n) is 4.72. The first kappa shape index (κ1) is 13.6. The van der Waals surface area contributed by atoms with Crippen molar-refractivity contribution in [2.45, 2.75) is 31.3 Å². The monoisotopic (exact) mass is 300 g/mol. The lowest BCUT2D eigenvalue weighted by Gasteiger charge is -2.37. The van der Waals surface area contributed by atoms with Gasteiger partial charge in [0, 0.05) is 19.7 Å². The van der Waals surface area contributed by atoms with Gasteiger partial charge in [-0.15, -0.1) is 0 Å². The van der Waals surface area contributed by atoms with Crippen LogP contribution >= 0.6 is 0 Å². The summed E-state index contributed by atoms with van der Waals surface area (Å²) >= 11 is 0. The second-order valence-electron chi connectivity index (χ2n) is 6.05. The van der Waals surface area contributed by atoms with E-state index in [4.69, 9.17) is 14.9 Å². The van der Waals surface area contributed by atoms with Gasteiger partial charge < -0.3 is 19.8 Å². The van der Waals surface area contributed by atoms with Crippen molar-refractivity contribution in [1.29, 1.82) is 0 Å². The lowest BCUT2D eigenvalue weighted by Crippen LogP contribution is -2.44. The summed E-state index contributed by atoms with van der Waals surface area (Å²) in [5.74, 6) is -0.539. The summed E-state index contributed by atoms with van der Waals surface area (Å²) < 4.78 is 11.7. The zero-order chi connectivity index (χ0) is 15.2. The summed E-state index contributed by atoms with van der Waals surface area (Å²) in [6, 6.07) is 6.77. The third kappa shape index (κ3) is 2.14. The summed E-state index contributed by atoms with van der Waals surface area (Å²) in [7, 11) is 0. The van der Waals surface area contributed by atoms with E-state index in [0.717, 1.165) is 45.4 Å². The zero-order valence-electron chi connectivity index (χ0n) is 12.3. The molecule has 1 amide bonds. The number of carbonyl (C=O) groups is 1. The van der Waals surface area contributed by atoms with Crippen LogP contribution in [0.3, 0.4) is 0 Å². The van der Waals surface area contributed by atoms with Gasteiger partial charge in [-0.2, -0.15) is 4.98 Å². The number of amides is 1. The van der Waals surface area contributed by atoms with E-state index in [-0.39, 0.29) is 11.2 Å². The molecular formula is C16H18N3O3. The Balaban J connectivity index is 1.60. The molecule has 0 saturated carbocycles. The highest BCUT2D eigenvalue weighted by atomic mass is 16.5. The van der Waals surface area contributed by atoms with Crippen molar-refractivity contribution in [3.8, 4) is 0 Å². The minimum absolute atomic E-state index is 0.0642. The van der Waals surface area contributed by atoms with Crippen LogP contribution in [0.4, 0.5) is 6.01 Å². The first-order chi connectivity index (χ1) is 10.7. The molecule has 0 atom stereocenters. The zero-order valence-corrected chi connectivity index (χ0v) is 12.3. The molecule has 1 radical (unpaired) electrons. The van der Waals surface area contributed by atoms with Gasteiger partial charge in [-0.1, -0.05) is 0 Å². The number of carbonyl (C=O) groups excluding carboxylic acids is 1. The van der Waals surface area contributed by atoms with Crippen molar-refractivity contribution in [3.05, 3.63) is 23.8 Å². The predicted molar refractivity (Wildman–Crippen MR) is 80.7 cm³/mol. The number of benzene rings is 1. The number of nitrogens with zero attached hydrogens (tertiary/aromatic N) is 2. The van der Waals surface area contributed by atoms with Crippen LogP contribution in [0.25, 0.3) is 11.1 Å². The molecule has 115 valence electrons. The molecule has 0 aliphatic carbocycles. The van der Waals surface area contributed by atoms with Gasteiger partial charge in [-0.05, 0) is 43.9 Å². The van der Waals surface area contributed by atoms with E-state index in [2.05, 4.69) is 16.0 Å². The van der Waals surface area contributed by atoms with Gasteiger partial charge in [-0.25, -0.2) is 0 Å². The molecule has 2 N–H and O–H groups in total. The molecule has 4 rings (SSSR count). The van der Waals surface area contributed by atoms with Crippen LogP contribution in [-0.4, -0.2) is 36.2 Å². The third-order valence-corrected chi connectivity index (χ3v) is 4.72. The molecule has 1 aromatic carbocycles. The van der Waals surface area contributed by atoms with E-state index < -0.39 is 5.91 Å². The van der Waals surface area contributed by atoms with Crippen molar-refractivity contribution in [3.63, 3.8) is 0 Å². The number of oxazole rings is 1. The molecule has 2 aliphatic heterocycles. The number of piperidine rings is 1. The SMILES string of the molecule is NC(=O)c1[c]ccc2oc(N3CCC4(CCCO4)CC3)nc12.